The third-order valence-corrected chi connectivity index (χ3v) is 4.47. The largest absolute Gasteiger partial charge is 0.469 e. The predicted octanol–water partition coefficient (Wildman–Crippen LogP) is 2.64. The number of hydrogen-bond acceptors (Lipinski definition) is 5. The molecule has 1 aliphatic rings. The monoisotopic (exact) mass is 422 g/mol. The summed E-state index contributed by atoms with van der Waals surface area (Å²) in [6.07, 6.45) is 3.39. The van der Waals surface area contributed by atoms with Gasteiger partial charge in [0.2, 0.25) is 0 Å². The highest BCUT2D eigenvalue weighted by Crippen LogP contribution is 2.31. The first kappa shape index (κ1) is 19.4. The van der Waals surface area contributed by atoms with Crippen molar-refractivity contribution in [1.29, 1.82) is 0 Å². The number of esters is 1. The highest BCUT2D eigenvalue weighted by atomic mass is 127. The van der Waals surface area contributed by atoms with Crippen molar-refractivity contribution in [2.45, 2.75) is 67.9 Å². The van der Waals surface area contributed by atoms with Crippen molar-refractivity contribution in [3.8, 4) is 11.8 Å². The Labute approximate surface area is 145 Å². The average molecular weight is 422 g/mol. The van der Waals surface area contributed by atoms with E-state index in [0.29, 0.717) is 32.1 Å². The molecule has 22 heavy (non-hydrogen) atoms. The summed E-state index contributed by atoms with van der Waals surface area (Å²) in [7, 11) is 1.39. The van der Waals surface area contributed by atoms with Crippen molar-refractivity contribution in [2.24, 2.45) is 0 Å². The fraction of sp³-hybridized carbons (Fsp3) is 0.750. The maximum atomic E-state index is 11.0. The summed E-state index contributed by atoms with van der Waals surface area (Å²) in [5.41, 5.74) is 0. The van der Waals surface area contributed by atoms with E-state index in [1.807, 2.05) is 13.8 Å². The predicted molar refractivity (Wildman–Crippen MR) is 90.6 cm³/mol. The molecule has 1 heterocycles. The highest BCUT2D eigenvalue weighted by Gasteiger charge is 2.37. The van der Waals surface area contributed by atoms with Gasteiger partial charge in [-0.1, -0.05) is 22.6 Å². The number of carbonyl (C=O) groups excluding carboxylic acids is 2. The lowest BCUT2D eigenvalue weighted by Crippen LogP contribution is -2.48. The third-order valence-electron chi connectivity index (χ3n) is 3.22. The van der Waals surface area contributed by atoms with Gasteiger partial charge >= 0.3 is 5.97 Å². The zero-order chi connectivity index (χ0) is 16.6. The number of halogens is 1. The van der Waals surface area contributed by atoms with Crippen LogP contribution in [-0.4, -0.2) is 41.3 Å². The van der Waals surface area contributed by atoms with E-state index in [1.165, 1.54) is 7.11 Å². The Kier molecular flexibility index (Phi) is 8.36. The van der Waals surface area contributed by atoms with Crippen LogP contribution in [0.1, 0.15) is 46.0 Å². The lowest BCUT2D eigenvalue weighted by atomic mass is 10.0. The van der Waals surface area contributed by atoms with Crippen molar-refractivity contribution < 1.29 is 23.8 Å². The van der Waals surface area contributed by atoms with Gasteiger partial charge in [0.15, 0.2) is 5.79 Å². The molecule has 3 atom stereocenters. The number of ether oxygens (including phenoxy) is 3. The lowest BCUT2D eigenvalue weighted by molar-refractivity contribution is -0.289. The summed E-state index contributed by atoms with van der Waals surface area (Å²) >= 11 is 2.31. The molecule has 0 aromatic rings. The van der Waals surface area contributed by atoms with Crippen molar-refractivity contribution in [3.63, 3.8) is 0 Å². The SMILES string of the molecule is COC(=O)CCCC#CC[C@@H](I)[C@@H]1C[C@H](C=O)OC(C)(C)O1. The fourth-order valence-electron chi connectivity index (χ4n) is 2.20. The molecule has 0 saturated carbocycles. The Morgan fingerprint density at radius 2 is 2.18 bits per heavy atom. The topological polar surface area (TPSA) is 61.8 Å². The lowest BCUT2D eigenvalue weighted by Gasteiger charge is -2.40. The zero-order valence-electron chi connectivity index (χ0n) is 13.3. The third kappa shape index (κ3) is 7.07. The quantitative estimate of drug-likeness (QED) is 0.165. The van der Waals surface area contributed by atoms with Crippen molar-refractivity contribution in [1.82, 2.24) is 0 Å². The van der Waals surface area contributed by atoms with Gasteiger partial charge in [-0.2, -0.15) is 0 Å². The molecule has 1 aliphatic heterocycles. The first-order chi connectivity index (χ1) is 10.4. The van der Waals surface area contributed by atoms with E-state index < -0.39 is 11.9 Å². The molecule has 0 aromatic carbocycles. The van der Waals surface area contributed by atoms with Crippen LogP contribution in [0.3, 0.4) is 0 Å². The van der Waals surface area contributed by atoms with E-state index in [9.17, 15) is 9.59 Å². The van der Waals surface area contributed by atoms with E-state index in [4.69, 9.17) is 9.47 Å². The molecule has 5 nitrogen and oxygen atoms in total. The van der Waals surface area contributed by atoms with Gasteiger partial charge in [0, 0.05) is 29.6 Å². The van der Waals surface area contributed by atoms with Crippen LogP contribution in [0.25, 0.3) is 0 Å². The van der Waals surface area contributed by atoms with E-state index in [0.717, 1.165) is 6.29 Å². The average Bonchev–Trinajstić information content (AvgIpc) is 2.48. The normalized spacial score (nSPS) is 24.7. The molecule has 124 valence electrons. The molecule has 0 amide bonds. The van der Waals surface area contributed by atoms with E-state index >= 15 is 0 Å². The number of aldehydes is 1. The van der Waals surface area contributed by atoms with E-state index in [1.54, 1.807) is 0 Å². The number of hydrogen-bond donors (Lipinski definition) is 0. The van der Waals surface area contributed by atoms with Crippen LogP contribution >= 0.6 is 22.6 Å². The minimum absolute atomic E-state index is 0.0519. The molecule has 0 spiro atoms. The molecule has 6 heteroatoms. The molecule has 1 rings (SSSR count). The van der Waals surface area contributed by atoms with Crippen molar-refractivity contribution in [2.75, 3.05) is 7.11 Å². The Bertz CT molecular complexity index is 438. The van der Waals surface area contributed by atoms with Gasteiger partial charge < -0.3 is 19.0 Å². The van der Waals surface area contributed by atoms with Crippen LogP contribution in [0.2, 0.25) is 0 Å². The van der Waals surface area contributed by atoms with Crippen LogP contribution in [-0.2, 0) is 23.8 Å². The summed E-state index contributed by atoms with van der Waals surface area (Å²) in [6, 6.07) is 0. The molecule has 1 fully saturated rings. The summed E-state index contributed by atoms with van der Waals surface area (Å²) in [5.74, 6) is 5.23. The number of carbonyl (C=O) groups is 2. The highest BCUT2D eigenvalue weighted by molar-refractivity contribution is 14.1. The fourth-order valence-corrected chi connectivity index (χ4v) is 2.86. The zero-order valence-corrected chi connectivity index (χ0v) is 15.4. The first-order valence-corrected chi connectivity index (χ1v) is 8.60. The standard InChI is InChI=1S/C16H23IO5/c1-16(2)21-12(11-18)10-14(22-16)13(17)8-6-4-5-7-9-15(19)20-3/h11-14H,5,7-10H2,1-3H3/t12-,13-,14+/m1/s1. The maximum absolute atomic E-state index is 11.0. The summed E-state index contributed by atoms with van der Waals surface area (Å²) in [5, 5.41) is 0. The smallest absolute Gasteiger partial charge is 0.305 e. The van der Waals surface area contributed by atoms with Gasteiger partial charge in [-0.3, -0.25) is 4.79 Å². The summed E-state index contributed by atoms with van der Waals surface area (Å²) in [4.78, 5) is 21.9. The van der Waals surface area contributed by atoms with Crippen molar-refractivity contribution in [3.05, 3.63) is 0 Å². The molecule has 1 saturated heterocycles. The van der Waals surface area contributed by atoms with Gasteiger partial charge in [-0.15, -0.1) is 11.8 Å². The van der Waals surface area contributed by atoms with E-state index in [2.05, 4.69) is 39.2 Å². The number of methoxy groups -OCH3 is 1. The van der Waals surface area contributed by atoms with Gasteiger partial charge in [0.1, 0.15) is 12.4 Å². The minimum Gasteiger partial charge on any atom is -0.469 e. The van der Waals surface area contributed by atoms with Gasteiger partial charge in [0.05, 0.1) is 13.2 Å². The van der Waals surface area contributed by atoms with Crippen LogP contribution in [0.15, 0.2) is 0 Å². The van der Waals surface area contributed by atoms with Crippen molar-refractivity contribution >= 4 is 34.8 Å². The van der Waals surface area contributed by atoms with Gasteiger partial charge in [-0.25, -0.2) is 0 Å². The van der Waals surface area contributed by atoms with Crippen LogP contribution in [0, 0.1) is 11.8 Å². The van der Waals surface area contributed by atoms with Crippen LogP contribution in [0.4, 0.5) is 0 Å². The van der Waals surface area contributed by atoms with Gasteiger partial charge in [0.25, 0.3) is 0 Å². The molecular weight excluding hydrogens is 399 g/mol. The maximum Gasteiger partial charge on any atom is 0.305 e. The number of unbranched alkanes of at least 4 members (excludes halogenated alkanes) is 1. The second-order valence-electron chi connectivity index (χ2n) is 5.59. The van der Waals surface area contributed by atoms with Gasteiger partial charge in [-0.05, 0) is 20.3 Å². The molecular formula is C16H23IO5. The van der Waals surface area contributed by atoms with Crippen LogP contribution < -0.4 is 0 Å². The molecule has 0 aliphatic carbocycles. The number of rotatable bonds is 6. The van der Waals surface area contributed by atoms with E-state index in [-0.39, 0.29) is 16.0 Å². The second-order valence-corrected chi connectivity index (χ2v) is 7.19. The van der Waals surface area contributed by atoms with Crippen LogP contribution in [0.5, 0.6) is 0 Å². The molecule has 0 bridgehead atoms. The Morgan fingerprint density at radius 3 is 2.82 bits per heavy atom. The second kappa shape index (κ2) is 9.48. The molecule has 0 radical (unpaired) electrons. The molecule has 0 N–H and O–H groups in total. The number of alkyl halides is 1. The first-order valence-electron chi connectivity index (χ1n) is 7.35. The Morgan fingerprint density at radius 1 is 1.45 bits per heavy atom. The Hall–Kier alpha value is -0.650. The molecule has 0 aromatic heterocycles. The molecule has 0 unspecified atom stereocenters. The Balaban J connectivity index is 2.37. The minimum atomic E-state index is -0.744. The summed E-state index contributed by atoms with van der Waals surface area (Å²) in [6.45, 7) is 3.63. The summed E-state index contributed by atoms with van der Waals surface area (Å²) < 4.78 is 16.2.